The molecule has 1 aromatic carbocycles. The van der Waals surface area contributed by atoms with E-state index >= 15 is 0 Å². The second kappa shape index (κ2) is 5.45. The number of hydrogen-bond acceptors (Lipinski definition) is 2. The number of nitriles is 1. The van der Waals surface area contributed by atoms with E-state index in [0.29, 0.717) is 17.8 Å². The van der Waals surface area contributed by atoms with Crippen LogP contribution in [0.4, 0.5) is 0 Å². The maximum Gasteiger partial charge on any atom is 0.139 e. The number of rotatable bonds is 2. The number of ketones is 1. The third-order valence-electron chi connectivity index (χ3n) is 3.14. The fourth-order valence-corrected chi connectivity index (χ4v) is 2.15. The number of Topliss-reactive ketones (excluding diaryl/α,β-unsaturated/α-hetero) is 1. The molecule has 0 N–H and O–H groups in total. The first-order valence-corrected chi connectivity index (χ1v) is 6.00. The zero-order valence-electron chi connectivity index (χ0n) is 9.73. The highest BCUT2D eigenvalue weighted by atomic mass is 16.1. The smallest absolute Gasteiger partial charge is 0.139 e. The number of carbonyl (C=O) groups is 1. The summed E-state index contributed by atoms with van der Waals surface area (Å²) in [7, 11) is 0. The fraction of sp³-hybridized carbons (Fsp3) is 0.333. The van der Waals surface area contributed by atoms with Crippen molar-refractivity contribution >= 4 is 11.9 Å². The van der Waals surface area contributed by atoms with E-state index in [1.165, 1.54) is 0 Å². The molecule has 1 aliphatic carbocycles. The molecule has 1 unspecified atom stereocenters. The van der Waals surface area contributed by atoms with Crippen molar-refractivity contribution < 1.29 is 4.79 Å². The average Bonchev–Trinajstić information content (AvgIpc) is 2.38. The zero-order valence-corrected chi connectivity index (χ0v) is 9.73. The third kappa shape index (κ3) is 3.04. The van der Waals surface area contributed by atoms with Gasteiger partial charge in [0.15, 0.2) is 0 Å². The maximum absolute atomic E-state index is 11.6. The Hall–Kier alpha value is -1.88. The lowest BCUT2D eigenvalue weighted by Gasteiger charge is -2.16. The van der Waals surface area contributed by atoms with Gasteiger partial charge in [-0.2, -0.15) is 5.26 Å². The Bertz CT molecular complexity index is 482. The van der Waals surface area contributed by atoms with E-state index in [1.54, 1.807) is 6.07 Å². The number of carbonyl (C=O) groups excluding carboxylic acids is 1. The Morgan fingerprint density at radius 3 is 3.00 bits per heavy atom. The van der Waals surface area contributed by atoms with Crippen molar-refractivity contribution in [1.82, 2.24) is 0 Å². The number of benzene rings is 1. The highest BCUT2D eigenvalue weighted by molar-refractivity contribution is 5.84. The van der Waals surface area contributed by atoms with Crippen LogP contribution in [-0.4, -0.2) is 5.78 Å². The molecular weight excluding hydrogens is 210 g/mol. The summed E-state index contributed by atoms with van der Waals surface area (Å²) >= 11 is 0. The molecule has 0 heterocycles. The Labute approximate surface area is 102 Å². The quantitative estimate of drug-likeness (QED) is 0.774. The predicted molar refractivity (Wildman–Crippen MR) is 67.2 cm³/mol. The van der Waals surface area contributed by atoms with E-state index in [9.17, 15) is 4.79 Å². The van der Waals surface area contributed by atoms with Gasteiger partial charge in [-0.1, -0.05) is 30.7 Å². The van der Waals surface area contributed by atoms with Crippen molar-refractivity contribution in [3.63, 3.8) is 0 Å². The van der Waals surface area contributed by atoms with Crippen LogP contribution in [0.3, 0.4) is 0 Å². The lowest BCUT2D eigenvalue weighted by Crippen LogP contribution is -2.16. The summed E-state index contributed by atoms with van der Waals surface area (Å²) in [5, 5.41) is 8.79. The molecule has 86 valence electrons. The molecule has 17 heavy (non-hydrogen) atoms. The number of hydrogen-bond donors (Lipinski definition) is 0. The van der Waals surface area contributed by atoms with Crippen LogP contribution in [0.5, 0.6) is 0 Å². The first-order chi connectivity index (χ1) is 8.29. The molecule has 1 fully saturated rings. The second-order valence-electron chi connectivity index (χ2n) is 4.41. The standard InChI is InChI=1S/C15H15NO/c16-11-13-5-3-4-12(10-13)8-9-14-6-1-2-7-15(14)17/h3-5,8-10,14H,1-2,6-7H2. The minimum absolute atomic E-state index is 0.0782. The normalized spacial score (nSPS) is 20.4. The summed E-state index contributed by atoms with van der Waals surface area (Å²) < 4.78 is 0. The zero-order chi connectivity index (χ0) is 12.1. The summed E-state index contributed by atoms with van der Waals surface area (Å²) in [6.45, 7) is 0. The van der Waals surface area contributed by atoms with Gasteiger partial charge in [-0.05, 0) is 30.5 Å². The average molecular weight is 225 g/mol. The van der Waals surface area contributed by atoms with E-state index in [4.69, 9.17) is 5.26 Å². The Morgan fingerprint density at radius 2 is 2.24 bits per heavy atom. The minimum atomic E-state index is 0.0782. The molecular formula is C15H15NO. The van der Waals surface area contributed by atoms with Crippen molar-refractivity contribution in [2.24, 2.45) is 5.92 Å². The van der Waals surface area contributed by atoms with Crippen LogP contribution in [-0.2, 0) is 4.79 Å². The van der Waals surface area contributed by atoms with Crippen molar-refractivity contribution in [2.45, 2.75) is 25.7 Å². The van der Waals surface area contributed by atoms with Crippen LogP contribution in [0.2, 0.25) is 0 Å². The molecule has 1 aromatic rings. The van der Waals surface area contributed by atoms with Gasteiger partial charge in [0, 0.05) is 12.3 Å². The molecule has 0 bridgehead atoms. The number of nitrogens with zero attached hydrogens (tertiary/aromatic N) is 1. The Balaban J connectivity index is 2.09. The second-order valence-corrected chi connectivity index (χ2v) is 4.41. The van der Waals surface area contributed by atoms with Crippen LogP contribution >= 0.6 is 0 Å². The summed E-state index contributed by atoms with van der Waals surface area (Å²) in [6.07, 6.45) is 7.79. The van der Waals surface area contributed by atoms with Gasteiger partial charge < -0.3 is 0 Å². The van der Waals surface area contributed by atoms with Crippen molar-refractivity contribution in [1.29, 1.82) is 5.26 Å². The molecule has 1 aliphatic rings. The first-order valence-electron chi connectivity index (χ1n) is 6.00. The maximum atomic E-state index is 11.6. The van der Waals surface area contributed by atoms with E-state index in [0.717, 1.165) is 24.8 Å². The third-order valence-corrected chi connectivity index (χ3v) is 3.14. The van der Waals surface area contributed by atoms with Gasteiger partial charge in [0.25, 0.3) is 0 Å². The van der Waals surface area contributed by atoms with Gasteiger partial charge in [-0.3, -0.25) is 4.79 Å². The van der Waals surface area contributed by atoms with Gasteiger partial charge in [0.2, 0.25) is 0 Å². The molecule has 0 saturated heterocycles. The van der Waals surface area contributed by atoms with Gasteiger partial charge >= 0.3 is 0 Å². The fourth-order valence-electron chi connectivity index (χ4n) is 2.15. The van der Waals surface area contributed by atoms with Gasteiger partial charge in [-0.15, -0.1) is 0 Å². The van der Waals surface area contributed by atoms with Crippen molar-refractivity contribution in [3.05, 3.63) is 41.5 Å². The van der Waals surface area contributed by atoms with Crippen LogP contribution in [0.15, 0.2) is 30.3 Å². The van der Waals surface area contributed by atoms with Gasteiger partial charge in [-0.25, -0.2) is 0 Å². The molecule has 2 rings (SSSR count). The predicted octanol–water partition coefficient (Wildman–Crippen LogP) is 3.33. The van der Waals surface area contributed by atoms with E-state index < -0.39 is 0 Å². The molecule has 0 amide bonds. The van der Waals surface area contributed by atoms with Crippen LogP contribution in [0, 0.1) is 17.2 Å². The minimum Gasteiger partial charge on any atom is -0.299 e. The SMILES string of the molecule is N#Cc1cccc(C=CC2CCCCC2=O)c1. The molecule has 1 atom stereocenters. The van der Waals surface area contributed by atoms with E-state index in [1.807, 2.05) is 30.4 Å². The monoisotopic (exact) mass is 225 g/mol. The Morgan fingerprint density at radius 1 is 1.35 bits per heavy atom. The van der Waals surface area contributed by atoms with Gasteiger partial charge in [0.1, 0.15) is 5.78 Å². The lowest BCUT2D eigenvalue weighted by molar-refractivity contribution is -0.122. The summed E-state index contributed by atoms with van der Waals surface area (Å²) in [6, 6.07) is 9.54. The molecule has 0 aliphatic heterocycles. The van der Waals surface area contributed by atoms with E-state index in [-0.39, 0.29) is 5.92 Å². The van der Waals surface area contributed by atoms with Crippen LogP contribution < -0.4 is 0 Å². The highest BCUT2D eigenvalue weighted by Gasteiger charge is 2.18. The molecule has 1 saturated carbocycles. The summed E-state index contributed by atoms with van der Waals surface area (Å²) in [5.41, 5.74) is 1.64. The largest absolute Gasteiger partial charge is 0.299 e. The van der Waals surface area contributed by atoms with Crippen molar-refractivity contribution in [2.75, 3.05) is 0 Å². The van der Waals surface area contributed by atoms with E-state index in [2.05, 4.69) is 6.07 Å². The topological polar surface area (TPSA) is 40.9 Å². The molecule has 0 radical (unpaired) electrons. The van der Waals surface area contributed by atoms with Crippen LogP contribution in [0.1, 0.15) is 36.8 Å². The Kier molecular flexibility index (Phi) is 3.72. The molecule has 0 aromatic heterocycles. The summed E-state index contributed by atoms with van der Waals surface area (Å²) in [5.74, 6) is 0.429. The molecule has 0 spiro atoms. The van der Waals surface area contributed by atoms with Crippen molar-refractivity contribution in [3.8, 4) is 6.07 Å². The summed E-state index contributed by atoms with van der Waals surface area (Å²) in [4.78, 5) is 11.6. The molecule has 2 heteroatoms. The first kappa shape index (κ1) is 11.6. The number of allylic oxidation sites excluding steroid dienone is 1. The molecule has 2 nitrogen and oxygen atoms in total. The highest BCUT2D eigenvalue weighted by Crippen LogP contribution is 2.22. The lowest BCUT2D eigenvalue weighted by atomic mass is 9.87. The van der Waals surface area contributed by atoms with Gasteiger partial charge in [0.05, 0.1) is 11.6 Å². The van der Waals surface area contributed by atoms with Crippen LogP contribution in [0.25, 0.3) is 6.08 Å².